The van der Waals surface area contributed by atoms with Crippen LogP contribution >= 0.6 is 0 Å². The van der Waals surface area contributed by atoms with Crippen molar-refractivity contribution in [2.45, 2.75) is 6.92 Å². The number of nitro groups is 1. The Hall–Kier alpha value is -2.89. The fraction of sp³-hybridized carbons (Fsp3) is 0.188. The molecule has 0 saturated carbocycles. The molecule has 0 radical (unpaired) electrons. The number of aromatic nitrogens is 1. The van der Waals surface area contributed by atoms with Crippen molar-refractivity contribution in [1.82, 2.24) is 4.57 Å². The zero-order valence-electron chi connectivity index (χ0n) is 12.4. The molecule has 0 aliphatic rings. The molecule has 114 valence electrons. The molecule has 0 bridgehead atoms. The lowest BCUT2D eigenvalue weighted by atomic mass is 10.1. The summed E-state index contributed by atoms with van der Waals surface area (Å²) < 4.78 is 6.70. The molecule has 6 nitrogen and oxygen atoms in total. The average molecular weight is 300 g/mol. The van der Waals surface area contributed by atoms with E-state index < -0.39 is 4.92 Å². The third-order valence-corrected chi connectivity index (χ3v) is 3.13. The third-order valence-electron chi connectivity index (χ3n) is 3.13. The van der Waals surface area contributed by atoms with Gasteiger partial charge < -0.3 is 9.30 Å². The van der Waals surface area contributed by atoms with Gasteiger partial charge in [0.15, 0.2) is 0 Å². The Morgan fingerprint density at radius 2 is 2.00 bits per heavy atom. The number of rotatable bonds is 5. The van der Waals surface area contributed by atoms with Gasteiger partial charge in [-0.15, -0.1) is 0 Å². The molecule has 2 aromatic rings. The summed E-state index contributed by atoms with van der Waals surface area (Å²) in [5, 5.41) is 10.7. The molecule has 0 aliphatic carbocycles. The number of nitro benzene ring substituents is 1. The van der Waals surface area contributed by atoms with Crippen molar-refractivity contribution in [3.05, 3.63) is 58.4 Å². The maximum Gasteiger partial charge on any atom is 0.330 e. The number of hydrogen-bond acceptors (Lipinski definition) is 4. The highest BCUT2D eigenvalue weighted by Gasteiger charge is 2.07. The molecule has 6 heteroatoms. The molecule has 0 N–H and O–H groups in total. The Kier molecular flexibility index (Phi) is 4.73. The van der Waals surface area contributed by atoms with E-state index in [1.807, 2.05) is 23.9 Å². The van der Waals surface area contributed by atoms with Gasteiger partial charge in [-0.1, -0.05) is 0 Å². The van der Waals surface area contributed by atoms with Crippen LogP contribution < -0.4 is 0 Å². The van der Waals surface area contributed by atoms with Crippen molar-refractivity contribution < 1.29 is 14.5 Å². The Morgan fingerprint density at radius 3 is 2.59 bits per heavy atom. The first-order valence-corrected chi connectivity index (χ1v) is 6.77. The number of nitrogens with zero attached hydrogens (tertiary/aromatic N) is 2. The number of benzene rings is 1. The first-order valence-electron chi connectivity index (χ1n) is 6.77. The molecule has 0 amide bonds. The molecule has 2 rings (SSSR count). The van der Waals surface area contributed by atoms with E-state index in [4.69, 9.17) is 4.74 Å². The van der Waals surface area contributed by atoms with E-state index in [0.29, 0.717) is 6.61 Å². The monoisotopic (exact) mass is 300 g/mol. The Bertz CT molecular complexity index is 714. The molecule has 0 atom stereocenters. The highest BCUT2D eigenvalue weighted by Crippen LogP contribution is 2.24. The maximum atomic E-state index is 11.3. The van der Waals surface area contributed by atoms with Gasteiger partial charge in [0.05, 0.1) is 11.5 Å². The summed E-state index contributed by atoms with van der Waals surface area (Å²) in [5.41, 5.74) is 2.68. The molecule has 1 aromatic carbocycles. The van der Waals surface area contributed by atoms with Crippen LogP contribution in [-0.2, 0) is 16.6 Å². The predicted octanol–water partition coefficient (Wildman–Crippen LogP) is 3.18. The minimum atomic E-state index is -0.428. The summed E-state index contributed by atoms with van der Waals surface area (Å²) in [6.07, 6.45) is 4.94. The lowest BCUT2D eigenvalue weighted by Gasteiger charge is -1.96. The normalized spacial score (nSPS) is 10.8. The van der Waals surface area contributed by atoms with Crippen molar-refractivity contribution in [3.63, 3.8) is 0 Å². The summed E-state index contributed by atoms with van der Waals surface area (Å²) in [5.74, 6) is -0.388. The number of carbonyl (C=O) groups excluding carboxylic acids is 1. The van der Waals surface area contributed by atoms with Gasteiger partial charge >= 0.3 is 5.97 Å². The van der Waals surface area contributed by atoms with Crippen LogP contribution in [0.3, 0.4) is 0 Å². The van der Waals surface area contributed by atoms with Gasteiger partial charge in [-0.2, -0.15) is 0 Å². The van der Waals surface area contributed by atoms with Crippen LogP contribution in [0.2, 0.25) is 0 Å². The SMILES string of the molecule is CCOC(=O)/C=C/c1cc(-c2ccc([N+](=O)[O-])cc2)cn1C. The Morgan fingerprint density at radius 1 is 1.32 bits per heavy atom. The quantitative estimate of drug-likeness (QED) is 0.368. The number of hydrogen-bond donors (Lipinski definition) is 0. The minimum Gasteiger partial charge on any atom is -0.463 e. The summed E-state index contributed by atoms with van der Waals surface area (Å²) in [6.45, 7) is 2.09. The second-order valence-electron chi connectivity index (χ2n) is 4.65. The Labute approximate surface area is 127 Å². The van der Waals surface area contributed by atoms with Gasteiger partial charge in [0.2, 0.25) is 0 Å². The predicted molar refractivity (Wildman–Crippen MR) is 83.2 cm³/mol. The number of aryl methyl sites for hydroxylation is 1. The van der Waals surface area contributed by atoms with Gasteiger partial charge in [-0.25, -0.2) is 4.79 Å². The first-order chi connectivity index (χ1) is 10.5. The van der Waals surface area contributed by atoms with Crippen molar-refractivity contribution in [2.75, 3.05) is 6.61 Å². The standard InChI is InChI=1S/C16H16N2O4/c1-3-22-16(19)9-8-15-10-13(11-17(15)2)12-4-6-14(7-5-12)18(20)21/h4-11H,3H2,1-2H3/b9-8+. The fourth-order valence-electron chi connectivity index (χ4n) is 2.02. The molecule has 1 aromatic heterocycles. The third kappa shape index (κ3) is 3.60. The second kappa shape index (κ2) is 6.71. The van der Waals surface area contributed by atoms with Crippen LogP contribution in [-0.4, -0.2) is 22.1 Å². The largest absolute Gasteiger partial charge is 0.463 e. The number of ether oxygens (including phenoxy) is 1. The lowest BCUT2D eigenvalue weighted by Crippen LogP contribution is -1.99. The van der Waals surface area contributed by atoms with E-state index in [-0.39, 0.29) is 11.7 Å². The van der Waals surface area contributed by atoms with E-state index in [0.717, 1.165) is 16.8 Å². The van der Waals surface area contributed by atoms with Gasteiger partial charge in [0, 0.05) is 37.1 Å². The van der Waals surface area contributed by atoms with Crippen LogP contribution in [0.4, 0.5) is 5.69 Å². The van der Waals surface area contributed by atoms with Crippen LogP contribution in [0.1, 0.15) is 12.6 Å². The molecule has 1 heterocycles. The van der Waals surface area contributed by atoms with E-state index in [2.05, 4.69) is 0 Å². The van der Waals surface area contributed by atoms with Gasteiger partial charge in [0.25, 0.3) is 5.69 Å². The van der Waals surface area contributed by atoms with E-state index in [1.54, 1.807) is 25.1 Å². The first kappa shape index (κ1) is 15.5. The van der Waals surface area contributed by atoms with Crippen molar-refractivity contribution in [3.8, 4) is 11.1 Å². The van der Waals surface area contributed by atoms with Crippen molar-refractivity contribution in [1.29, 1.82) is 0 Å². The maximum absolute atomic E-state index is 11.3. The lowest BCUT2D eigenvalue weighted by molar-refractivity contribution is -0.384. The molecular formula is C16H16N2O4. The van der Waals surface area contributed by atoms with E-state index in [9.17, 15) is 14.9 Å². The molecule has 0 saturated heterocycles. The van der Waals surface area contributed by atoms with Crippen LogP contribution in [0.15, 0.2) is 42.6 Å². The highest BCUT2D eigenvalue weighted by molar-refractivity contribution is 5.87. The topological polar surface area (TPSA) is 74.4 Å². The second-order valence-corrected chi connectivity index (χ2v) is 4.65. The van der Waals surface area contributed by atoms with E-state index >= 15 is 0 Å². The van der Waals surface area contributed by atoms with E-state index in [1.165, 1.54) is 18.2 Å². The highest BCUT2D eigenvalue weighted by atomic mass is 16.6. The summed E-state index contributed by atoms with van der Waals surface area (Å²) in [6, 6.07) is 8.24. The van der Waals surface area contributed by atoms with Gasteiger partial charge in [-0.05, 0) is 42.3 Å². The molecule has 0 unspecified atom stereocenters. The molecule has 22 heavy (non-hydrogen) atoms. The summed E-state index contributed by atoms with van der Waals surface area (Å²) in [7, 11) is 1.86. The smallest absolute Gasteiger partial charge is 0.330 e. The van der Waals surface area contributed by atoms with Gasteiger partial charge in [-0.3, -0.25) is 10.1 Å². The fourth-order valence-corrected chi connectivity index (χ4v) is 2.02. The number of carbonyl (C=O) groups is 1. The van der Waals surface area contributed by atoms with Crippen LogP contribution in [0.25, 0.3) is 17.2 Å². The van der Waals surface area contributed by atoms with Crippen molar-refractivity contribution in [2.24, 2.45) is 7.05 Å². The summed E-state index contributed by atoms with van der Waals surface area (Å²) in [4.78, 5) is 21.6. The van der Waals surface area contributed by atoms with Gasteiger partial charge in [0.1, 0.15) is 0 Å². The zero-order chi connectivity index (χ0) is 16.1. The molecular weight excluding hydrogens is 284 g/mol. The Balaban J connectivity index is 2.22. The molecule has 0 spiro atoms. The van der Waals surface area contributed by atoms with Crippen LogP contribution in [0.5, 0.6) is 0 Å². The van der Waals surface area contributed by atoms with Crippen molar-refractivity contribution >= 4 is 17.7 Å². The average Bonchev–Trinajstić information content (AvgIpc) is 2.87. The minimum absolute atomic E-state index is 0.0575. The number of non-ortho nitro benzene ring substituents is 1. The van der Waals surface area contributed by atoms with Crippen LogP contribution in [0, 0.1) is 10.1 Å². The zero-order valence-corrected chi connectivity index (χ0v) is 12.4. The summed E-state index contributed by atoms with van der Waals surface area (Å²) >= 11 is 0. The molecule has 0 fully saturated rings. The number of esters is 1. The molecule has 0 aliphatic heterocycles.